The highest BCUT2D eigenvalue weighted by molar-refractivity contribution is 9.10. The molecule has 1 saturated heterocycles. The van der Waals surface area contributed by atoms with Crippen LogP contribution in [0, 0.1) is 0 Å². The molecule has 2 heterocycles. The lowest BCUT2D eigenvalue weighted by Gasteiger charge is -2.33. The van der Waals surface area contributed by atoms with Crippen LogP contribution < -0.4 is 0 Å². The first-order valence-corrected chi connectivity index (χ1v) is 9.01. The number of carboxylic acids is 1. The van der Waals surface area contributed by atoms with Crippen molar-refractivity contribution in [2.45, 2.75) is 35.9 Å². The van der Waals surface area contributed by atoms with Crippen LogP contribution in [0.1, 0.15) is 25.7 Å². The van der Waals surface area contributed by atoms with E-state index in [0.29, 0.717) is 17.4 Å². The van der Waals surface area contributed by atoms with E-state index in [0.717, 1.165) is 24.2 Å². The van der Waals surface area contributed by atoms with Crippen molar-refractivity contribution in [2.75, 3.05) is 6.54 Å². The molecule has 8 heteroatoms. The van der Waals surface area contributed by atoms with E-state index in [1.165, 1.54) is 4.31 Å². The molecule has 1 fully saturated rings. The Morgan fingerprint density at radius 2 is 2.26 bits per heavy atom. The van der Waals surface area contributed by atoms with E-state index in [9.17, 15) is 13.2 Å². The lowest BCUT2D eigenvalue weighted by atomic mass is 10.0. The number of thiophene rings is 1. The molecular formula is C11H14BrNO4S2. The first kappa shape index (κ1) is 15.0. The minimum atomic E-state index is -3.60. The van der Waals surface area contributed by atoms with Gasteiger partial charge in [0, 0.05) is 17.1 Å². The molecule has 1 aliphatic rings. The van der Waals surface area contributed by atoms with E-state index in [-0.39, 0.29) is 10.6 Å². The van der Waals surface area contributed by atoms with E-state index in [2.05, 4.69) is 15.9 Å². The van der Waals surface area contributed by atoms with Crippen molar-refractivity contribution in [1.29, 1.82) is 0 Å². The van der Waals surface area contributed by atoms with Gasteiger partial charge >= 0.3 is 5.97 Å². The van der Waals surface area contributed by atoms with Gasteiger partial charge in [0.1, 0.15) is 4.21 Å². The molecule has 0 aromatic carbocycles. The fourth-order valence-corrected chi connectivity index (χ4v) is 6.39. The summed E-state index contributed by atoms with van der Waals surface area (Å²) >= 11 is 4.37. The molecule has 0 amide bonds. The summed E-state index contributed by atoms with van der Waals surface area (Å²) in [5.41, 5.74) is 0. The SMILES string of the molecule is O=C(O)CC1CCCCN1S(=O)(=O)c1sccc1Br. The second kappa shape index (κ2) is 5.90. The van der Waals surface area contributed by atoms with Gasteiger partial charge in [-0.15, -0.1) is 11.3 Å². The molecule has 1 unspecified atom stereocenters. The highest BCUT2D eigenvalue weighted by Gasteiger charge is 2.36. The van der Waals surface area contributed by atoms with Crippen molar-refractivity contribution in [3.8, 4) is 0 Å². The molecule has 0 radical (unpaired) electrons. The third kappa shape index (κ3) is 3.18. The van der Waals surface area contributed by atoms with Crippen LogP contribution in [0.2, 0.25) is 0 Å². The van der Waals surface area contributed by atoms with Crippen molar-refractivity contribution >= 4 is 43.3 Å². The number of hydrogen-bond acceptors (Lipinski definition) is 4. The molecular weight excluding hydrogens is 354 g/mol. The summed E-state index contributed by atoms with van der Waals surface area (Å²) in [5.74, 6) is -0.961. The van der Waals surface area contributed by atoms with Crippen molar-refractivity contribution in [2.24, 2.45) is 0 Å². The monoisotopic (exact) mass is 367 g/mol. The van der Waals surface area contributed by atoms with Crippen LogP contribution in [0.25, 0.3) is 0 Å². The van der Waals surface area contributed by atoms with Gasteiger partial charge in [-0.05, 0) is 40.2 Å². The van der Waals surface area contributed by atoms with Gasteiger partial charge < -0.3 is 5.11 Å². The van der Waals surface area contributed by atoms with E-state index in [1.807, 2.05) is 0 Å². The summed E-state index contributed by atoms with van der Waals surface area (Å²) in [5, 5.41) is 10.6. The zero-order valence-corrected chi connectivity index (χ0v) is 13.3. The van der Waals surface area contributed by atoms with Gasteiger partial charge in [-0.2, -0.15) is 4.31 Å². The molecule has 1 aliphatic heterocycles. The van der Waals surface area contributed by atoms with E-state index in [1.54, 1.807) is 11.4 Å². The molecule has 1 aromatic heterocycles. The van der Waals surface area contributed by atoms with Gasteiger partial charge in [-0.25, -0.2) is 8.42 Å². The Labute approximate surface area is 124 Å². The first-order valence-electron chi connectivity index (χ1n) is 5.89. The number of rotatable bonds is 4. The molecule has 106 valence electrons. The maximum atomic E-state index is 12.6. The number of carboxylic acid groups (broad SMARTS) is 1. The first-order chi connectivity index (χ1) is 8.93. The number of carbonyl (C=O) groups is 1. The maximum absolute atomic E-state index is 12.6. The lowest BCUT2D eigenvalue weighted by Crippen LogP contribution is -2.44. The predicted molar refractivity (Wildman–Crippen MR) is 75.8 cm³/mol. The zero-order valence-electron chi connectivity index (χ0n) is 10.1. The minimum Gasteiger partial charge on any atom is -0.481 e. The normalized spacial score (nSPS) is 21.4. The topological polar surface area (TPSA) is 74.7 Å². The molecule has 19 heavy (non-hydrogen) atoms. The van der Waals surface area contributed by atoms with Gasteiger partial charge in [-0.1, -0.05) is 6.42 Å². The summed E-state index contributed by atoms with van der Waals surface area (Å²) in [6.07, 6.45) is 2.12. The van der Waals surface area contributed by atoms with Gasteiger partial charge in [0.15, 0.2) is 0 Å². The van der Waals surface area contributed by atoms with Crippen molar-refractivity contribution in [1.82, 2.24) is 4.31 Å². The van der Waals surface area contributed by atoms with E-state index >= 15 is 0 Å². The third-order valence-electron chi connectivity index (χ3n) is 3.11. The van der Waals surface area contributed by atoms with Crippen LogP contribution in [0.4, 0.5) is 0 Å². The average molecular weight is 368 g/mol. The average Bonchev–Trinajstić information content (AvgIpc) is 2.76. The number of nitrogens with zero attached hydrogens (tertiary/aromatic N) is 1. The van der Waals surface area contributed by atoms with Crippen LogP contribution in [0.5, 0.6) is 0 Å². The molecule has 5 nitrogen and oxygen atoms in total. The Kier molecular flexibility index (Phi) is 4.65. The second-order valence-corrected chi connectivity index (χ2v) is 8.28. The molecule has 2 rings (SSSR count). The summed E-state index contributed by atoms with van der Waals surface area (Å²) in [6.45, 7) is 0.393. The largest absolute Gasteiger partial charge is 0.481 e. The summed E-state index contributed by atoms with van der Waals surface area (Å²) in [6, 6.07) is 1.25. The van der Waals surface area contributed by atoms with Crippen LogP contribution in [-0.4, -0.2) is 36.4 Å². The molecule has 0 spiro atoms. The number of sulfonamides is 1. The van der Waals surface area contributed by atoms with Gasteiger partial charge in [0.05, 0.1) is 6.42 Å². The number of piperidine rings is 1. The lowest BCUT2D eigenvalue weighted by molar-refractivity contribution is -0.138. The van der Waals surface area contributed by atoms with Crippen molar-refractivity contribution in [3.63, 3.8) is 0 Å². The fraction of sp³-hybridized carbons (Fsp3) is 0.545. The molecule has 0 aliphatic carbocycles. The Hall–Kier alpha value is -0.440. The molecule has 0 bridgehead atoms. The van der Waals surface area contributed by atoms with Crippen molar-refractivity contribution < 1.29 is 18.3 Å². The Morgan fingerprint density at radius 3 is 2.84 bits per heavy atom. The van der Waals surface area contributed by atoms with Crippen LogP contribution in [0.15, 0.2) is 20.1 Å². The number of hydrogen-bond donors (Lipinski definition) is 1. The highest BCUT2D eigenvalue weighted by atomic mass is 79.9. The third-order valence-corrected chi connectivity index (χ3v) is 7.71. The van der Waals surface area contributed by atoms with Crippen LogP contribution in [-0.2, 0) is 14.8 Å². The van der Waals surface area contributed by atoms with E-state index in [4.69, 9.17) is 5.11 Å². The molecule has 1 aromatic rings. The minimum absolute atomic E-state index is 0.137. The number of aliphatic carboxylic acids is 1. The predicted octanol–water partition coefficient (Wildman–Crippen LogP) is 2.53. The van der Waals surface area contributed by atoms with E-state index < -0.39 is 22.0 Å². The number of halogens is 1. The Balaban J connectivity index is 2.32. The fourth-order valence-electron chi connectivity index (χ4n) is 2.27. The van der Waals surface area contributed by atoms with Crippen LogP contribution >= 0.6 is 27.3 Å². The van der Waals surface area contributed by atoms with Gasteiger partial charge in [0.25, 0.3) is 10.0 Å². The molecule has 1 atom stereocenters. The maximum Gasteiger partial charge on any atom is 0.304 e. The van der Waals surface area contributed by atoms with Crippen LogP contribution in [0.3, 0.4) is 0 Å². The highest BCUT2D eigenvalue weighted by Crippen LogP contribution is 2.34. The summed E-state index contributed by atoms with van der Waals surface area (Å²) in [7, 11) is -3.60. The smallest absolute Gasteiger partial charge is 0.304 e. The Bertz CT molecular complexity index is 569. The van der Waals surface area contributed by atoms with Gasteiger partial charge in [0.2, 0.25) is 0 Å². The standard InChI is InChI=1S/C11H14BrNO4S2/c12-9-4-6-18-11(9)19(16,17)13-5-2-1-3-8(13)7-10(14)15/h4,6,8H,1-3,5,7H2,(H,14,15). The second-order valence-electron chi connectivity index (χ2n) is 4.42. The van der Waals surface area contributed by atoms with Crippen molar-refractivity contribution in [3.05, 3.63) is 15.9 Å². The summed E-state index contributed by atoms with van der Waals surface area (Å²) in [4.78, 5) is 10.9. The zero-order chi connectivity index (χ0) is 14.0. The summed E-state index contributed by atoms with van der Waals surface area (Å²) < 4.78 is 27.3. The molecule has 1 N–H and O–H groups in total. The quantitative estimate of drug-likeness (QED) is 0.886. The van der Waals surface area contributed by atoms with Gasteiger partial charge in [-0.3, -0.25) is 4.79 Å². The Morgan fingerprint density at radius 1 is 1.53 bits per heavy atom. The molecule has 0 saturated carbocycles.